The van der Waals surface area contributed by atoms with E-state index in [0.29, 0.717) is 20.5 Å². The maximum atomic E-state index is 13.1. The third kappa shape index (κ3) is 4.71. The second-order valence-electron chi connectivity index (χ2n) is 5.72. The Morgan fingerprint density at radius 3 is 2.37 bits per heavy atom. The molecule has 2 aromatic carbocycles. The Morgan fingerprint density at radius 2 is 1.74 bits per heavy atom. The van der Waals surface area contributed by atoms with Gasteiger partial charge in [0.2, 0.25) is 0 Å². The summed E-state index contributed by atoms with van der Waals surface area (Å²) in [6, 6.07) is 16.0. The molecule has 1 heterocycles. The molecule has 0 fully saturated rings. The van der Waals surface area contributed by atoms with Crippen molar-refractivity contribution in [3.63, 3.8) is 0 Å². The summed E-state index contributed by atoms with van der Waals surface area (Å²) in [5.41, 5.74) is 0.372. The average molecular weight is 440 g/mol. The molecule has 1 aromatic heterocycles. The van der Waals surface area contributed by atoms with Gasteiger partial charge in [0.25, 0.3) is 5.91 Å². The summed E-state index contributed by atoms with van der Waals surface area (Å²) in [6.45, 7) is -0.0587. The van der Waals surface area contributed by atoms with Crippen LogP contribution in [-0.2, 0) is 9.84 Å². The number of carbonyl (C=O) groups is 1. The number of nitrogens with one attached hydrogen (secondary N) is 1. The Balaban J connectivity index is 1.86. The maximum Gasteiger partial charge on any atom is 0.251 e. The van der Waals surface area contributed by atoms with Crippen molar-refractivity contribution in [3.8, 4) is 0 Å². The Hall–Kier alpha value is -1.86. The third-order valence-electron chi connectivity index (χ3n) is 3.91. The zero-order valence-electron chi connectivity index (χ0n) is 13.9. The molecule has 0 aliphatic heterocycles. The molecule has 1 N–H and O–H groups in total. The Bertz CT molecular complexity index is 1030. The van der Waals surface area contributed by atoms with Gasteiger partial charge in [-0.2, -0.15) is 0 Å². The van der Waals surface area contributed by atoms with E-state index < -0.39 is 15.1 Å². The summed E-state index contributed by atoms with van der Waals surface area (Å²) in [5, 5.41) is 4.50. The number of thiophene rings is 1. The first-order valence-corrected chi connectivity index (χ1v) is 11.1. The number of amides is 1. The van der Waals surface area contributed by atoms with Crippen molar-refractivity contribution in [3.05, 3.63) is 86.5 Å². The van der Waals surface area contributed by atoms with Crippen LogP contribution in [0.5, 0.6) is 0 Å². The number of hydrogen-bond acceptors (Lipinski definition) is 4. The van der Waals surface area contributed by atoms with E-state index in [4.69, 9.17) is 23.2 Å². The largest absolute Gasteiger partial charge is 0.350 e. The van der Waals surface area contributed by atoms with Gasteiger partial charge in [-0.05, 0) is 53.9 Å². The number of rotatable bonds is 6. The normalized spacial score (nSPS) is 12.5. The Labute approximate surface area is 171 Å². The summed E-state index contributed by atoms with van der Waals surface area (Å²) in [4.78, 5) is 13.2. The lowest BCUT2D eigenvalue weighted by atomic mass is 10.2. The van der Waals surface area contributed by atoms with Crippen LogP contribution < -0.4 is 5.32 Å². The topological polar surface area (TPSA) is 63.2 Å². The SMILES string of the molecule is O=C(NC[C@@H](c1cccs1)S(=O)(=O)c1ccc(Cl)cc1)c1cccc(Cl)c1. The summed E-state index contributed by atoms with van der Waals surface area (Å²) in [6.07, 6.45) is 0. The summed E-state index contributed by atoms with van der Waals surface area (Å²) in [5.74, 6) is -0.384. The molecule has 3 aromatic rings. The fraction of sp³-hybridized carbons (Fsp3) is 0.105. The Morgan fingerprint density at radius 1 is 1.00 bits per heavy atom. The van der Waals surface area contributed by atoms with E-state index in [1.54, 1.807) is 35.7 Å². The number of hydrogen-bond donors (Lipinski definition) is 1. The fourth-order valence-electron chi connectivity index (χ4n) is 2.54. The highest BCUT2D eigenvalue weighted by Crippen LogP contribution is 2.32. The highest BCUT2D eigenvalue weighted by molar-refractivity contribution is 7.91. The molecule has 8 heteroatoms. The van der Waals surface area contributed by atoms with Gasteiger partial charge >= 0.3 is 0 Å². The van der Waals surface area contributed by atoms with Gasteiger partial charge in [-0.1, -0.05) is 35.3 Å². The lowest BCUT2D eigenvalue weighted by Gasteiger charge is -2.17. The zero-order chi connectivity index (χ0) is 19.4. The zero-order valence-corrected chi connectivity index (χ0v) is 17.1. The van der Waals surface area contributed by atoms with Crippen LogP contribution in [0.1, 0.15) is 20.5 Å². The second-order valence-corrected chi connectivity index (χ2v) is 9.71. The van der Waals surface area contributed by atoms with Crippen molar-refractivity contribution in [1.29, 1.82) is 0 Å². The molecule has 1 atom stereocenters. The number of carbonyl (C=O) groups excluding carboxylic acids is 1. The van der Waals surface area contributed by atoms with Gasteiger partial charge in [0, 0.05) is 27.0 Å². The molecular formula is C19H15Cl2NO3S2. The van der Waals surface area contributed by atoms with Gasteiger partial charge in [-0.25, -0.2) is 8.42 Å². The van der Waals surface area contributed by atoms with Crippen LogP contribution in [0.15, 0.2) is 70.9 Å². The van der Waals surface area contributed by atoms with Crippen LogP contribution in [0.2, 0.25) is 10.0 Å². The second kappa shape index (κ2) is 8.44. The first kappa shape index (κ1) is 19.9. The molecule has 4 nitrogen and oxygen atoms in total. The van der Waals surface area contributed by atoms with Crippen molar-refractivity contribution < 1.29 is 13.2 Å². The van der Waals surface area contributed by atoms with Gasteiger partial charge < -0.3 is 5.32 Å². The highest BCUT2D eigenvalue weighted by Gasteiger charge is 2.30. The Kier molecular flexibility index (Phi) is 6.22. The minimum Gasteiger partial charge on any atom is -0.350 e. The van der Waals surface area contributed by atoms with Crippen LogP contribution in [0.3, 0.4) is 0 Å². The van der Waals surface area contributed by atoms with E-state index in [1.807, 2.05) is 0 Å². The molecule has 0 bridgehead atoms. The van der Waals surface area contributed by atoms with Crippen LogP contribution in [-0.4, -0.2) is 20.9 Å². The summed E-state index contributed by atoms with van der Waals surface area (Å²) >= 11 is 13.1. The minimum atomic E-state index is -3.72. The standard InChI is InChI=1S/C19H15Cl2NO3S2/c20-14-6-8-16(9-7-14)27(24,25)18(17-5-2-10-26-17)12-22-19(23)13-3-1-4-15(21)11-13/h1-11,18H,12H2,(H,22,23)/t18-/m0/s1. The highest BCUT2D eigenvalue weighted by atomic mass is 35.5. The first-order valence-electron chi connectivity index (χ1n) is 7.94. The molecule has 0 aliphatic carbocycles. The van der Waals surface area contributed by atoms with Crippen molar-refractivity contribution in [2.45, 2.75) is 10.1 Å². The molecule has 0 saturated carbocycles. The van der Waals surface area contributed by atoms with E-state index in [-0.39, 0.29) is 17.3 Å². The molecule has 27 heavy (non-hydrogen) atoms. The molecule has 0 radical (unpaired) electrons. The predicted molar refractivity (Wildman–Crippen MR) is 109 cm³/mol. The van der Waals surface area contributed by atoms with Gasteiger partial charge in [0.05, 0.1) is 4.90 Å². The van der Waals surface area contributed by atoms with Crippen molar-refractivity contribution in [2.24, 2.45) is 0 Å². The fourth-order valence-corrected chi connectivity index (χ4v) is 5.64. The molecular weight excluding hydrogens is 425 g/mol. The third-order valence-corrected chi connectivity index (χ3v) is 7.63. The van der Waals surface area contributed by atoms with Crippen molar-refractivity contribution >= 4 is 50.3 Å². The smallest absolute Gasteiger partial charge is 0.251 e. The quantitative estimate of drug-likeness (QED) is 0.587. The van der Waals surface area contributed by atoms with Crippen molar-refractivity contribution in [1.82, 2.24) is 5.32 Å². The molecule has 1 amide bonds. The van der Waals surface area contributed by atoms with Crippen LogP contribution >= 0.6 is 34.5 Å². The van der Waals surface area contributed by atoms with E-state index in [2.05, 4.69) is 5.32 Å². The van der Waals surface area contributed by atoms with E-state index in [1.165, 1.54) is 41.7 Å². The monoisotopic (exact) mass is 439 g/mol. The number of halogens is 2. The maximum absolute atomic E-state index is 13.1. The lowest BCUT2D eigenvalue weighted by Crippen LogP contribution is -2.31. The van der Waals surface area contributed by atoms with Crippen LogP contribution in [0.25, 0.3) is 0 Å². The minimum absolute atomic E-state index is 0.0587. The summed E-state index contributed by atoms with van der Waals surface area (Å²) in [7, 11) is -3.72. The molecule has 0 saturated heterocycles. The number of sulfone groups is 1. The predicted octanol–water partition coefficient (Wildman–Crippen LogP) is 5.00. The van der Waals surface area contributed by atoms with Gasteiger partial charge in [0.1, 0.15) is 5.25 Å². The van der Waals surface area contributed by atoms with Crippen LogP contribution in [0.4, 0.5) is 0 Å². The van der Waals surface area contributed by atoms with E-state index in [9.17, 15) is 13.2 Å². The molecule has 0 aliphatic rings. The van der Waals surface area contributed by atoms with E-state index >= 15 is 0 Å². The van der Waals surface area contributed by atoms with E-state index in [0.717, 1.165) is 0 Å². The average Bonchev–Trinajstić information content (AvgIpc) is 3.16. The molecule has 0 unspecified atom stereocenters. The first-order chi connectivity index (χ1) is 12.9. The van der Waals surface area contributed by atoms with Gasteiger partial charge in [-0.15, -0.1) is 11.3 Å². The number of benzene rings is 2. The molecule has 3 rings (SSSR count). The lowest BCUT2D eigenvalue weighted by molar-refractivity contribution is 0.0953. The molecule has 0 spiro atoms. The van der Waals surface area contributed by atoms with Gasteiger partial charge in [-0.3, -0.25) is 4.79 Å². The van der Waals surface area contributed by atoms with Crippen molar-refractivity contribution in [2.75, 3.05) is 6.54 Å². The van der Waals surface area contributed by atoms with Gasteiger partial charge in [0.15, 0.2) is 9.84 Å². The summed E-state index contributed by atoms with van der Waals surface area (Å²) < 4.78 is 26.3. The van der Waals surface area contributed by atoms with Crippen LogP contribution in [0, 0.1) is 0 Å². The molecule has 140 valence electrons.